The Morgan fingerprint density at radius 2 is 2.12 bits per heavy atom. The number of hydrogen-bond acceptors (Lipinski definition) is 6. The molecule has 0 saturated carbocycles. The first-order chi connectivity index (χ1) is 7.97. The van der Waals surface area contributed by atoms with Crippen molar-refractivity contribution in [1.29, 1.82) is 0 Å². The molecule has 0 aliphatic heterocycles. The first-order valence-electron chi connectivity index (χ1n) is 5.43. The Labute approximate surface area is 104 Å². The highest BCUT2D eigenvalue weighted by Gasteiger charge is 2.24. The van der Waals surface area contributed by atoms with Crippen LogP contribution in [0.2, 0.25) is 0 Å². The zero-order chi connectivity index (χ0) is 12.6. The highest BCUT2D eigenvalue weighted by Crippen LogP contribution is 2.26. The van der Waals surface area contributed by atoms with Crippen LogP contribution in [0.15, 0.2) is 0 Å². The minimum Gasteiger partial charge on any atom is -0.373 e. The molecule has 2 aromatic rings. The fourth-order valence-corrected chi connectivity index (χ4v) is 2.46. The SMILES string of the molecule is COC(CN)c1nn2c(C(C)(C)C)nnc2s1. The Bertz CT molecular complexity index is 508. The molecule has 0 saturated heterocycles. The van der Waals surface area contributed by atoms with Gasteiger partial charge in [-0.15, -0.1) is 10.2 Å². The van der Waals surface area contributed by atoms with Gasteiger partial charge >= 0.3 is 0 Å². The van der Waals surface area contributed by atoms with Crippen molar-refractivity contribution >= 4 is 16.3 Å². The van der Waals surface area contributed by atoms with E-state index in [0.717, 1.165) is 15.8 Å². The van der Waals surface area contributed by atoms with Crippen molar-refractivity contribution in [2.24, 2.45) is 5.73 Å². The largest absolute Gasteiger partial charge is 0.373 e. The second-order valence-corrected chi connectivity index (χ2v) is 5.86. The van der Waals surface area contributed by atoms with E-state index in [1.807, 2.05) is 0 Å². The summed E-state index contributed by atoms with van der Waals surface area (Å²) in [7, 11) is 1.63. The molecule has 6 nitrogen and oxygen atoms in total. The summed E-state index contributed by atoms with van der Waals surface area (Å²) in [6.07, 6.45) is -0.172. The minimum absolute atomic E-state index is 0.0873. The van der Waals surface area contributed by atoms with Crippen molar-refractivity contribution in [3.8, 4) is 0 Å². The third-order valence-corrected chi connectivity index (χ3v) is 3.44. The molecule has 0 aliphatic carbocycles. The maximum Gasteiger partial charge on any atom is 0.234 e. The summed E-state index contributed by atoms with van der Waals surface area (Å²) < 4.78 is 7.05. The Morgan fingerprint density at radius 1 is 1.41 bits per heavy atom. The van der Waals surface area contributed by atoms with Crippen LogP contribution in [0.3, 0.4) is 0 Å². The number of nitrogens with zero attached hydrogens (tertiary/aromatic N) is 4. The fourth-order valence-electron chi connectivity index (χ4n) is 1.53. The Hall–Kier alpha value is -1.05. The molecule has 0 radical (unpaired) electrons. The molecular formula is C10H17N5OS. The van der Waals surface area contributed by atoms with Crippen molar-refractivity contribution < 1.29 is 4.74 Å². The number of nitrogens with two attached hydrogens (primary N) is 1. The van der Waals surface area contributed by atoms with Gasteiger partial charge in [0.15, 0.2) is 5.82 Å². The third kappa shape index (κ3) is 2.18. The van der Waals surface area contributed by atoms with Crippen LogP contribution >= 0.6 is 11.3 Å². The summed E-state index contributed by atoms with van der Waals surface area (Å²) >= 11 is 1.46. The number of ether oxygens (including phenoxy) is 1. The van der Waals surface area contributed by atoms with E-state index in [1.54, 1.807) is 11.6 Å². The predicted molar refractivity (Wildman–Crippen MR) is 66.2 cm³/mol. The van der Waals surface area contributed by atoms with E-state index in [2.05, 4.69) is 36.1 Å². The summed E-state index contributed by atoms with van der Waals surface area (Å²) in [4.78, 5) is 0.778. The second-order valence-electron chi connectivity index (χ2n) is 4.87. The van der Waals surface area contributed by atoms with E-state index in [9.17, 15) is 0 Å². The lowest BCUT2D eigenvalue weighted by atomic mass is 9.96. The maximum absolute atomic E-state index is 5.63. The quantitative estimate of drug-likeness (QED) is 0.889. The molecule has 0 aromatic carbocycles. The first kappa shape index (κ1) is 12.4. The van der Waals surface area contributed by atoms with Gasteiger partial charge in [-0.05, 0) is 0 Å². The molecule has 0 aliphatic rings. The number of aromatic nitrogens is 4. The number of fused-ring (bicyclic) bond motifs is 1. The van der Waals surface area contributed by atoms with Gasteiger partial charge in [0, 0.05) is 19.1 Å². The fraction of sp³-hybridized carbons (Fsp3) is 0.700. The zero-order valence-electron chi connectivity index (χ0n) is 10.5. The van der Waals surface area contributed by atoms with Crippen molar-refractivity contribution in [3.63, 3.8) is 0 Å². The van der Waals surface area contributed by atoms with Crippen molar-refractivity contribution in [3.05, 3.63) is 10.8 Å². The van der Waals surface area contributed by atoms with Gasteiger partial charge in [0.1, 0.15) is 11.1 Å². The lowest BCUT2D eigenvalue weighted by Crippen LogP contribution is -2.18. The normalized spacial score (nSPS) is 14.4. The molecule has 17 heavy (non-hydrogen) atoms. The van der Waals surface area contributed by atoms with Crippen LogP contribution in [0.4, 0.5) is 0 Å². The molecule has 0 fully saturated rings. The van der Waals surface area contributed by atoms with E-state index in [4.69, 9.17) is 10.5 Å². The topological polar surface area (TPSA) is 78.3 Å². The predicted octanol–water partition coefficient (Wildman–Crippen LogP) is 1.13. The van der Waals surface area contributed by atoms with E-state index in [-0.39, 0.29) is 11.5 Å². The van der Waals surface area contributed by atoms with Gasteiger partial charge in [-0.3, -0.25) is 0 Å². The summed E-state index contributed by atoms with van der Waals surface area (Å²) in [5.41, 5.74) is 5.54. The molecule has 2 heterocycles. The molecule has 1 atom stereocenters. The second kappa shape index (κ2) is 4.32. The van der Waals surface area contributed by atoms with Crippen LogP contribution in [0.5, 0.6) is 0 Å². The average Bonchev–Trinajstić information content (AvgIpc) is 2.76. The Morgan fingerprint density at radius 3 is 2.65 bits per heavy atom. The van der Waals surface area contributed by atoms with E-state index >= 15 is 0 Å². The van der Waals surface area contributed by atoms with Gasteiger partial charge in [0.25, 0.3) is 0 Å². The van der Waals surface area contributed by atoms with E-state index in [0.29, 0.717) is 6.54 Å². The summed E-state index contributed by atoms with van der Waals surface area (Å²) in [6, 6.07) is 0. The molecule has 94 valence electrons. The van der Waals surface area contributed by atoms with Gasteiger partial charge in [-0.25, -0.2) is 0 Å². The molecular weight excluding hydrogens is 238 g/mol. The first-order valence-corrected chi connectivity index (χ1v) is 6.24. The van der Waals surface area contributed by atoms with Gasteiger partial charge in [0.2, 0.25) is 4.96 Å². The van der Waals surface area contributed by atoms with Crippen LogP contribution in [0.25, 0.3) is 4.96 Å². The van der Waals surface area contributed by atoms with Crippen LogP contribution in [-0.4, -0.2) is 33.5 Å². The van der Waals surface area contributed by atoms with Crippen molar-refractivity contribution in [2.45, 2.75) is 32.3 Å². The standard InChI is InChI=1S/C10H17N5OS/c1-10(2,3)8-12-13-9-15(8)14-7(17-9)6(5-11)16-4/h6H,5,11H2,1-4H3. The molecule has 1 unspecified atom stereocenters. The zero-order valence-corrected chi connectivity index (χ0v) is 11.3. The number of hydrogen-bond donors (Lipinski definition) is 1. The summed E-state index contributed by atoms with van der Waals surface area (Å²) in [5, 5.41) is 13.6. The van der Waals surface area contributed by atoms with Crippen molar-refractivity contribution in [1.82, 2.24) is 19.8 Å². The smallest absolute Gasteiger partial charge is 0.234 e. The van der Waals surface area contributed by atoms with Gasteiger partial charge < -0.3 is 10.5 Å². The van der Waals surface area contributed by atoms with Gasteiger partial charge in [0.05, 0.1) is 0 Å². The van der Waals surface area contributed by atoms with Gasteiger partial charge in [-0.1, -0.05) is 32.1 Å². The van der Waals surface area contributed by atoms with Crippen LogP contribution in [-0.2, 0) is 10.2 Å². The monoisotopic (exact) mass is 255 g/mol. The molecule has 0 bridgehead atoms. The van der Waals surface area contributed by atoms with Crippen LogP contribution < -0.4 is 5.73 Å². The maximum atomic E-state index is 5.63. The summed E-state index contributed by atoms with van der Waals surface area (Å²) in [6.45, 7) is 6.66. The van der Waals surface area contributed by atoms with Gasteiger partial charge in [-0.2, -0.15) is 9.61 Å². The molecule has 2 rings (SSSR count). The lowest BCUT2D eigenvalue weighted by Gasteiger charge is -2.14. The average molecular weight is 255 g/mol. The summed E-state index contributed by atoms with van der Waals surface area (Å²) in [5.74, 6) is 0.849. The van der Waals surface area contributed by atoms with E-state index < -0.39 is 0 Å². The molecule has 0 spiro atoms. The third-order valence-electron chi connectivity index (χ3n) is 2.45. The molecule has 2 aromatic heterocycles. The Balaban J connectivity index is 2.48. The molecule has 0 amide bonds. The van der Waals surface area contributed by atoms with Crippen LogP contribution in [0, 0.1) is 0 Å². The van der Waals surface area contributed by atoms with Crippen molar-refractivity contribution in [2.75, 3.05) is 13.7 Å². The Kier molecular flexibility index (Phi) is 3.15. The lowest BCUT2D eigenvalue weighted by molar-refractivity contribution is 0.109. The molecule has 7 heteroatoms. The number of methoxy groups -OCH3 is 1. The minimum atomic E-state index is -0.172. The molecule has 2 N–H and O–H groups in total. The van der Waals surface area contributed by atoms with Crippen LogP contribution in [0.1, 0.15) is 37.7 Å². The van der Waals surface area contributed by atoms with E-state index in [1.165, 1.54) is 11.3 Å². The highest BCUT2D eigenvalue weighted by molar-refractivity contribution is 7.16. The number of rotatable bonds is 3. The highest BCUT2D eigenvalue weighted by atomic mass is 32.1.